The quantitative estimate of drug-likeness (QED) is 0.0666. The molecule has 5 heterocycles. The van der Waals surface area contributed by atoms with Crippen molar-refractivity contribution >= 4 is 52.3 Å². The molecule has 0 bridgehead atoms. The number of aromatic nitrogens is 2. The van der Waals surface area contributed by atoms with Gasteiger partial charge in [0.25, 0.3) is 0 Å². The number of para-hydroxylation sites is 1. The lowest BCUT2D eigenvalue weighted by molar-refractivity contribution is -0.143. The summed E-state index contributed by atoms with van der Waals surface area (Å²) < 4.78 is 12.0. The number of carbonyl (C=O) groups excluding carboxylic acids is 7. The number of fused-ring (bicyclic) bond motifs is 2. The number of hydrogen-bond donors (Lipinski definition) is 8. The third-order valence-electron chi connectivity index (χ3n) is 16.0. The number of benzene rings is 3. The van der Waals surface area contributed by atoms with Crippen molar-refractivity contribution < 1.29 is 43.0 Å². The lowest BCUT2D eigenvalue weighted by Crippen LogP contribution is -2.60. The SMILES string of the molecule is NCCNC(=O)O[C@@H]1C[C@H]2C(=O)N[C@@H](CCc3ccccc3)C(=O)N[C@H](Cc3c[nH]c4ccccc34)C(=O)C[C@@H](CN3CCNCC3)C(=O)N[C@@H](Cc3ccc(OCC4CCCCC4)cc3)C(=O)N[C@@H](Cc3cccnc3)C(=O)N2C1. The first-order chi connectivity index (χ1) is 39.5. The Bertz CT molecular complexity index is 2910. The van der Waals surface area contributed by atoms with Crippen LogP contribution in [0, 0.1) is 11.8 Å². The van der Waals surface area contributed by atoms with Gasteiger partial charge in [0, 0.05) is 107 Å². The van der Waals surface area contributed by atoms with Crippen LogP contribution in [0.3, 0.4) is 0 Å². The van der Waals surface area contributed by atoms with Crippen molar-refractivity contribution in [2.45, 2.75) is 113 Å². The van der Waals surface area contributed by atoms with Crippen LogP contribution in [-0.2, 0) is 59.2 Å². The number of ether oxygens (including phenoxy) is 2. The van der Waals surface area contributed by atoms with Gasteiger partial charge in [0.2, 0.25) is 29.5 Å². The lowest BCUT2D eigenvalue weighted by atomic mass is 9.90. The van der Waals surface area contributed by atoms with Crippen molar-refractivity contribution in [1.82, 2.24) is 51.7 Å². The minimum atomic E-state index is -1.34. The molecule has 2 aromatic heterocycles. The first kappa shape index (κ1) is 58.0. The predicted octanol–water partition coefficient (Wildman–Crippen LogP) is 3.27. The molecule has 1 saturated carbocycles. The second kappa shape index (κ2) is 28.6. The molecule has 20 heteroatoms. The largest absolute Gasteiger partial charge is 0.493 e. The highest BCUT2D eigenvalue weighted by atomic mass is 16.6. The molecule has 3 saturated heterocycles. The molecular weight excluding hydrogens is 1030 g/mol. The maximum Gasteiger partial charge on any atom is 0.407 e. The summed E-state index contributed by atoms with van der Waals surface area (Å²) in [6.07, 6.45) is 9.02. The Morgan fingerprint density at radius 1 is 0.716 bits per heavy atom. The fourth-order valence-corrected chi connectivity index (χ4v) is 11.6. The summed E-state index contributed by atoms with van der Waals surface area (Å²) >= 11 is 0. The Kier molecular flexibility index (Phi) is 20.5. The van der Waals surface area contributed by atoms with Gasteiger partial charge in [0.15, 0.2) is 5.78 Å². The van der Waals surface area contributed by atoms with E-state index in [-0.39, 0.29) is 64.7 Å². The van der Waals surface area contributed by atoms with Gasteiger partial charge in [0.1, 0.15) is 36.0 Å². The first-order valence-corrected chi connectivity index (χ1v) is 28.8. The molecule has 7 atom stereocenters. The molecule has 3 aromatic carbocycles. The van der Waals surface area contributed by atoms with E-state index >= 15 is 28.8 Å². The number of nitrogens with one attached hydrogen (secondary N) is 7. The second-order valence-corrected chi connectivity index (χ2v) is 22.0. The van der Waals surface area contributed by atoms with E-state index in [0.717, 1.165) is 34.9 Å². The van der Waals surface area contributed by atoms with Gasteiger partial charge in [-0.15, -0.1) is 0 Å². The summed E-state index contributed by atoms with van der Waals surface area (Å²) in [5, 5.41) is 18.8. The van der Waals surface area contributed by atoms with Crippen LogP contribution in [0.4, 0.5) is 4.79 Å². The molecule has 0 unspecified atom stereocenters. The van der Waals surface area contributed by atoms with Crippen molar-refractivity contribution in [3.63, 3.8) is 0 Å². The summed E-state index contributed by atoms with van der Waals surface area (Å²) in [5.74, 6) is -3.49. The molecule has 3 aliphatic heterocycles. The van der Waals surface area contributed by atoms with Gasteiger partial charge >= 0.3 is 6.09 Å². The molecule has 0 spiro atoms. The van der Waals surface area contributed by atoms with Crippen molar-refractivity contribution in [3.8, 4) is 5.75 Å². The lowest BCUT2D eigenvalue weighted by Gasteiger charge is -2.33. The standard InChI is InChI=1S/C61H77N11O9/c62-23-25-65-61(79)81-47-34-54-59(77)67-50(22-19-40-10-3-1-4-11-40)57(75)68-51(32-44-36-66-49-16-8-7-15-48(44)49)55(73)33-45(37-71-28-26-63-27-29-71)56(74)69-52(30-41-17-20-46(21-18-41)80-39-42-12-5-2-6-13-42)58(76)70-53(60(78)72(54)38-47)31-43-14-9-24-64-35-43/h1,3-4,7-11,14-18,20-21,24,35-36,42,45,47,50-54,63,66H,2,5-6,12-13,19,22-23,25-34,37-39,62H2,(H,65,79)(H,67,77)(H,68,75)(H,69,74)(H,70,76)/t45-,47+,50-,51+,52-,53-,54-/m0/s1. The minimum absolute atomic E-state index is 0.00519. The average Bonchev–Trinajstić information content (AvgIpc) is 4.11. The normalized spacial score (nSPS) is 24.0. The van der Waals surface area contributed by atoms with Crippen LogP contribution in [-0.4, -0.2) is 156 Å². The molecule has 430 valence electrons. The van der Waals surface area contributed by atoms with Gasteiger partial charge in [-0.1, -0.05) is 86.0 Å². The average molecular weight is 1110 g/mol. The molecule has 6 amide bonds. The van der Waals surface area contributed by atoms with E-state index in [1.807, 2.05) is 78.9 Å². The van der Waals surface area contributed by atoms with E-state index < -0.39 is 83.6 Å². The van der Waals surface area contributed by atoms with E-state index in [1.165, 1.54) is 24.2 Å². The molecule has 1 aliphatic carbocycles. The van der Waals surface area contributed by atoms with Crippen LogP contribution in [0.1, 0.15) is 73.6 Å². The fourth-order valence-electron chi connectivity index (χ4n) is 11.6. The molecular formula is C61H77N11O9. The topological polar surface area (TPSA) is 271 Å². The number of amides is 6. The third-order valence-corrected chi connectivity index (χ3v) is 16.0. The number of hydrogen-bond acceptors (Lipinski definition) is 13. The molecule has 4 fully saturated rings. The number of nitrogens with zero attached hydrogens (tertiary/aromatic N) is 3. The van der Waals surface area contributed by atoms with Gasteiger partial charge in [-0.25, -0.2) is 4.79 Å². The summed E-state index contributed by atoms with van der Waals surface area (Å²) in [6, 6.07) is 21.6. The number of H-pyrrole nitrogens is 1. The van der Waals surface area contributed by atoms with E-state index in [2.05, 4.69) is 46.8 Å². The number of Topliss-reactive ketones (excluding diaryl/α,β-unsaturated/α-hetero) is 1. The molecule has 4 aliphatic rings. The van der Waals surface area contributed by atoms with Gasteiger partial charge < -0.3 is 61.9 Å². The van der Waals surface area contributed by atoms with Crippen molar-refractivity contribution in [2.24, 2.45) is 17.6 Å². The smallest absolute Gasteiger partial charge is 0.407 e. The summed E-state index contributed by atoms with van der Waals surface area (Å²) in [6.45, 7) is 3.35. The van der Waals surface area contributed by atoms with Crippen LogP contribution in [0.2, 0.25) is 0 Å². The fraction of sp³-hybridized carbons (Fsp3) is 0.475. The minimum Gasteiger partial charge on any atom is -0.493 e. The second-order valence-electron chi connectivity index (χ2n) is 22.0. The Morgan fingerprint density at radius 3 is 2.19 bits per heavy atom. The Morgan fingerprint density at radius 2 is 1.42 bits per heavy atom. The number of ketones is 1. The van der Waals surface area contributed by atoms with E-state index in [1.54, 1.807) is 30.7 Å². The van der Waals surface area contributed by atoms with Crippen LogP contribution in [0.15, 0.2) is 110 Å². The van der Waals surface area contributed by atoms with E-state index in [9.17, 15) is 4.79 Å². The molecule has 9 N–H and O–H groups in total. The number of alkyl carbamates (subject to hydrolysis) is 1. The molecule has 81 heavy (non-hydrogen) atoms. The van der Waals surface area contributed by atoms with Crippen molar-refractivity contribution in [2.75, 3.05) is 59.0 Å². The number of rotatable bonds is 17. The highest BCUT2D eigenvalue weighted by molar-refractivity contribution is 5.99. The zero-order chi connectivity index (χ0) is 56.5. The van der Waals surface area contributed by atoms with Gasteiger partial charge in [-0.2, -0.15) is 0 Å². The van der Waals surface area contributed by atoms with Crippen molar-refractivity contribution in [1.29, 1.82) is 0 Å². The van der Waals surface area contributed by atoms with Crippen LogP contribution >= 0.6 is 0 Å². The molecule has 20 nitrogen and oxygen atoms in total. The number of pyridine rings is 1. The van der Waals surface area contributed by atoms with Crippen molar-refractivity contribution in [3.05, 3.63) is 132 Å². The monoisotopic (exact) mass is 1110 g/mol. The highest BCUT2D eigenvalue weighted by Crippen LogP contribution is 2.27. The maximum absolute atomic E-state index is 15.4. The molecule has 0 radical (unpaired) electrons. The summed E-state index contributed by atoms with van der Waals surface area (Å²) in [7, 11) is 0. The predicted molar refractivity (Wildman–Crippen MR) is 305 cm³/mol. The van der Waals surface area contributed by atoms with E-state index in [0.29, 0.717) is 62.0 Å². The number of aryl methyl sites for hydroxylation is 1. The van der Waals surface area contributed by atoms with E-state index in [4.69, 9.17) is 15.2 Å². The van der Waals surface area contributed by atoms with Gasteiger partial charge in [-0.05, 0) is 78.1 Å². The van der Waals surface area contributed by atoms with Crippen LogP contribution in [0.25, 0.3) is 10.9 Å². The Hall–Kier alpha value is -7.68. The maximum atomic E-state index is 15.4. The number of piperazine rings is 1. The van der Waals surface area contributed by atoms with Gasteiger partial charge in [-0.3, -0.25) is 33.8 Å². The first-order valence-electron chi connectivity index (χ1n) is 28.8. The number of carbonyl (C=O) groups is 7. The summed E-state index contributed by atoms with van der Waals surface area (Å²) in [5.41, 5.74) is 9.42. The van der Waals surface area contributed by atoms with Crippen LogP contribution < -0.4 is 42.4 Å². The third kappa shape index (κ3) is 16.3. The summed E-state index contributed by atoms with van der Waals surface area (Å²) in [4.78, 5) is 115. The van der Waals surface area contributed by atoms with Crippen LogP contribution in [0.5, 0.6) is 5.75 Å². The zero-order valence-electron chi connectivity index (χ0n) is 46.0. The molecule has 9 rings (SSSR count). The Labute approximate surface area is 472 Å². The number of aromatic amines is 1. The Balaban J connectivity index is 1.10. The highest BCUT2D eigenvalue weighted by Gasteiger charge is 2.45. The zero-order valence-corrected chi connectivity index (χ0v) is 46.0. The number of nitrogens with two attached hydrogens (primary N) is 1. The molecule has 5 aromatic rings. The van der Waals surface area contributed by atoms with Gasteiger partial charge in [0.05, 0.1) is 25.1 Å².